The van der Waals surface area contributed by atoms with Crippen molar-refractivity contribution in [2.45, 2.75) is 6.92 Å². The van der Waals surface area contributed by atoms with Crippen molar-refractivity contribution < 1.29 is 14.3 Å². The molecule has 3 aromatic rings. The van der Waals surface area contributed by atoms with E-state index in [2.05, 4.69) is 10.6 Å². The van der Waals surface area contributed by atoms with Crippen LogP contribution in [0.3, 0.4) is 0 Å². The first-order valence-electron chi connectivity index (χ1n) is 7.45. The Balaban J connectivity index is 1.69. The Labute approximate surface area is 139 Å². The molecule has 2 amide bonds. The van der Waals surface area contributed by atoms with Gasteiger partial charge in [0, 0.05) is 24.4 Å². The van der Waals surface area contributed by atoms with Gasteiger partial charge in [-0.1, -0.05) is 36.4 Å². The average molecular weight is 320 g/mol. The summed E-state index contributed by atoms with van der Waals surface area (Å²) < 4.78 is 4.99. The van der Waals surface area contributed by atoms with Crippen LogP contribution >= 0.6 is 0 Å². The standard InChI is InChI=1S/C19H16N2O3/c1-13(22)24-18-8-4-7-16(12-18)20-19(23)21-17-10-9-14-5-2-3-6-15(14)11-17/h2-12H,1H3,(H2,20,21,23). The zero-order chi connectivity index (χ0) is 16.9. The molecule has 0 aliphatic heterocycles. The highest BCUT2D eigenvalue weighted by Gasteiger charge is 2.05. The van der Waals surface area contributed by atoms with E-state index in [4.69, 9.17) is 4.74 Å². The largest absolute Gasteiger partial charge is 0.427 e. The van der Waals surface area contributed by atoms with E-state index in [0.29, 0.717) is 17.1 Å². The Morgan fingerprint density at radius 2 is 1.50 bits per heavy atom. The Bertz CT molecular complexity index is 906. The lowest BCUT2D eigenvalue weighted by atomic mass is 10.1. The summed E-state index contributed by atoms with van der Waals surface area (Å²) in [6, 6.07) is 19.9. The lowest BCUT2D eigenvalue weighted by molar-refractivity contribution is -0.131. The van der Waals surface area contributed by atoms with Crippen LogP contribution in [-0.2, 0) is 4.79 Å². The average Bonchev–Trinajstić information content (AvgIpc) is 2.54. The van der Waals surface area contributed by atoms with Crippen LogP contribution in [0.5, 0.6) is 5.75 Å². The molecule has 0 aliphatic rings. The quantitative estimate of drug-likeness (QED) is 0.555. The van der Waals surface area contributed by atoms with Crippen molar-refractivity contribution >= 4 is 34.1 Å². The number of anilines is 2. The molecule has 0 saturated carbocycles. The maximum Gasteiger partial charge on any atom is 0.323 e. The van der Waals surface area contributed by atoms with Gasteiger partial charge in [0.15, 0.2) is 0 Å². The molecule has 0 spiro atoms. The third-order valence-corrected chi connectivity index (χ3v) is 3.36. The fourth-order valence-corrected chi connectivity index (χ4v) is 2.36. The molecule has 120 valence electrons. The molecule has 0 bridgehead atoms. The molecular formula is C19H16N2O3. The topological polar surface area (TPSA) is 67.4 Å². The summed E-state index contributed by atoms with van der Waals surface area (Å²) in [5, 5.41) is 7.65. The second-order valence-electron chi connectivity index (χ2n) is 5.26. The second kappa shape index (κ2) is 6.83. The van der Waals surface area contributed by atoms with Gasteiger partial charge in [-0.05, 0) is 35.0 Å². The molecule has 0 atom stereocenters. The van der Waals surface area contributed by atoms with Gasteiger partial charge in [0.2, 0.25) is 0 Å². The van der Waals surface area contributed by atoms with Crippen molar-refractivity contribution in [1.82, 2.24) is 0 Å². The Hall–Kier alpha value is -3.34. The number of carbonyl (C=O) groups is 2. The molecule has 0 radical (unpaired) electrons. The first kappa shape index (κ1) is 15.6. The predicted molar refractivity (Wildman–Crippen MR) is 94.3 cm³/mol. The highest BCUT2D eigenvalue weighted by Crippen LogP contribution is 2.20. The molecule has 0 saturated heterocycles. The minimum absolute atomic E-state index is 0.370. The van der Waals surface area contributed by atoms with Crippen molar-refractivity contribution in [2.75, 3.05) is 10.6 Å². The van der Waals surface area contributed by atoms with Gasteiger partial charge in [-0.3, -0.25) is 4.79 Å². The lowest BCUT2D eigenvalue weighted by Crippen LogP contribution is -2.19. The third-order valence-electron chi connectivity index (χ3n) is 3.36. The maximum absolute atomic E-state index is 12.1. The van der Waals surface area contributed by atoms with Crippen LogP contribution in [-0.4, -0.2) is 12.0 Å². The zero-order valence-corrected chi connectivity index (χ0v) is 13.1. The van der Waals surface area contributed by atoms with Crippen molar-refractivity contribution in [3.8, 4) is 5.75 Å². The molecule has 0 fully saturated rings. The Morgan fingerprint density at radius 3 is 2.25 bits per heavy atom. The van der Waals surface area contributed by atoms with Gasteiger partial charge in [0.1, 0.15) is 5.75 Å². The molecule has 0 aliphatic carbocycles. The number of rotatable bonds is 3. The van der Waals surface area contributed by atoms with E-state index in [-0.39, 0.29) is 6.03 Å². The number of hydrogen-bond acceptors (Lipinski definition) is 3. The fraction of sp³-hybridized carbons (Fsp3) is 0.0526. The summed E-state index contributed by atoms with van der Waals surface area (Å²) in [6.45, 7) is 1.33. The highest BCUT2D eigenvalue weighted by molar-refractivity contribution is 6.01. The van der Waals surface area contributed by atoms with Gasteiger partial charge in [-0.2, -0.15) is 0 Å². The summed E-state index contributed by atoms with van der Waals surface area (Å²) in [5.41, 5.74) is 1.23. The Kier molecular flexibility index (Phi) is 4.43. The minimum Gasteiger partial charge on any atom is -0.427 e. The number of amides is 2. The highest BCUT2D eigenvalue weighted by atomic mass is 16.5. The molecule has 3 rings (SSSR count). The second-order valence-corrected chi connectivity index (χ2v) is 5.26. The van der Waals surface area contributed by atoms with Gasteiger partial charge in [0.25, 0.3) is 0 Å². The van der Waals surface area contributed by atoms with E-state index in [0.717, 1.165) is 10.8 Å². The lowest BCUT2D eigenvalue weighted by Gasteiger charge is -2.09. The normalized spacial score (nSPS) is 10.2. The smallest absolute Gasteiger partial charge is 0.323 e. The molecule has 5 heteroatoms. The maximum atomic E-state index is 12.1. The van der Waals surface area contributed by atoms with E-state index in [1.54, 1.807) is 24.3 Å². The number of nitrogens with one attached hydrogen (secondary N) is 2. The van der Waals surface area contributed by atoms with Gasteiger partial charge in [-0.25, -0.2) is 4.79 Å². The molecular weight excluding hydrogens is 304 g/mol. The van der Waals surface area contributed by atoms with Crippen LogP contribution in [0.4, 0.5) is 16.2 Å². The number of urea groups is 1. The monoisotopic (exact) mass is 320 g/mol. The molecule has 0 unspecified atom stereocenters. The number of esters is 1. The summed E-state index contributed by atoms with van der Waals surface area (Å²) in [4.78, 5) is 23.1. The predicted octanol–water partition coefficient (Wildman–Crippen LogP) is 4.41. The van der Waals surface area contributed by atoms with Crippen LogP contribution in [0.15, 0.2) is 66.7 Å². The van der Waals surface area contributed by atoms with E-state index < -0.39 is 5.97 Å². The molecule has 3 aromatic carbocycles. The van der Waals surface area contributed by atoms with Crippen LogP contribution in [0.2, 0.25) is 0 Å². The van der Waals surface area contributed by atoms with Crippen molar-refractivity contribution in [1.29, 1.82) is 0 Å². The van der Waals surface area contributed by atoms with Crippen molar-refractivity contribution in [2.24, 2.45) is 0 Å². The number of carbonyl (C=O) groups excluding carboxylic acids is 2. The third kappa shape index (κ3) is 3.89. The van der Waals surface area contributed by atoms with Gasteiger partial charge in [-0.15, -0.1) is 0 Å². The van der Waals surface area contributed by atoms with E-state index in [1.165, 1.54) is 6.92 Å². The summed E-state index contributed by atoms with van der Waals surface area (Å²) in [5.74, 6) is -0.0289. The SMILES string of the molecule is CC(=O)Oc1cccc(NC(=O)Nc2ccc3ccccc3c2)c1. The van der Waals surface area contributed by atoms with Crippen molar-refractivity contribution in [3.63, 3.8) is 0 Å². The van der Waals surface area contributed by atoms with Crippen LogP contribution in [0.1, 0.15) is 6.92 Å². The minimum atomic E-state index is -0.409. The molecule has 2 N–H and O–H groups in total. The molecule has 0 heterocycles. The zero-order valence-electron chi connectivity index (χ0n) is 13.1. The number of ether oxygens (including phenoxy) is 1. The van der Waals surface area contributed by atoms with Gasteiger partial charge >= 0.3 is 12.0 Å². The van der Waals surface area contributed by atoms with Crippen LogP contribution in [0.25, 0.3) is 10.8 Å². The number of hydrogen-bond donors (Lipinski definition) is 2. The Morgan fingerprint density at radius 1 is 0.792 bits per heavy atom. The van der Waals surface area contributed by atoms with E-state index in [9.17, 15) is 9.59 Å². The first-order valence-corrected chi connectivity index (χ1v) is 7.45. The summed E-state index contributed by atoms with van der Waals surface area (Å²) >= 11 is 0. The molecule has 5 nitrogen and oxygen atoms in total. The fourth-order valence-electron chi connectivity index (χ4n) is 2.36. The van der Waals surface area contributed by atoms with Crippen LogP contribution in [0, 0.1) is 0 Å². The van der Waals surface area contributed by atoms with Gasteiger partial charge < -0.3 is 15.4 Å². The van der Waals surface area contributed by atoms with Gasteiger partial charge in [0.05, 0.1) is 0 Å². The van der Waals surface area contributed by atoms with Crippen LogP contribution < -0.4 is 15.4 Å². The first-order chi connectivity index (χ1) is 11.6. The van der Waals surface area contributed by atoms with E-state index >= 15 is 0 Å². The molecule has 0 aromatic heterocycles. The number of fused-ring (bicyclic) bond motifs is 1. The summed E-state index contributed by atoms with van der Waals surface area (Å²) in [7, 11) is 0. The number of benzene rings is 3. The van der Waals surface area contributed by atoms with E-state index in [1.807, 2.05) is 42.5 Å². The molecule has 24 heavy (non-hydrogen) atoms. The summed E-state index contributed by atoms with van der Waals surface area (Å²) in [6.07, 6.45) is 0. The van der Waals surface area contributed by atoms with Crippen molar-refractivity contribution in [3.05, 3.63) is 66.7 Å².